The molecule has 6 nitrogen and oxygen atoms in total. The van der Waals surface area contributed by atoms with Crippen LogP contribution in [0.1, 0.15) is 65.3 Å². The zero-order valence-corrected chi connectivity index (χ0v) is 20.8. The monoisotopic (exact) mass is 474 g/mol. The van der Waals surface area contributed by atoms with E-state index in [0.29, 0.717) is 34.4 Å². The van der Waals surface area contributed by atoms with Crippen molar-refractivity contribution < 1.29 is 19.1 Å². The summed E-state index contributed by atoms with van der Waals surface area (Å²) < 4.78 is 10.6. The molecule has 172 valence electrons. The molecule has 3 rings (SSSR count). The van der Waals surface area contributed by atoms with Crippen molar-refractivity contribution in [3.63, 3.8) is 0 Å². The Morgan fingerprint density at radius 2 is 1.97 bits per heavy atom. The fraction of sp³-hybridized carbons (Fsp3) is 0.458. The minimum atomic E-state index is -0.393. The quantitative estimate of drug-likeness (QED) is 0.458. The molecule has 1 amide bonds. The first kappa shape index (κ1) is 24.2. The van der Waals surface area contributed by atoms with Gasteiger partial charge in [-0.25, -0.2) is 4.79 Å². The molecule has 8 heteroatoms. The Hall–Kier alpha value is -2.45. The molecule has 0 saturated carbocycles. The van der Waals surface area contributed by atoms with Crippen LogP contribution in [-0.4, -0.2) is 30.7 Å². The minimum absolute atomic E-state index is 0.123. The van der Waals surface area contributed by atoms with Crippen LogP contribution in [0.2, 0.25) is 0 Å². The molecule has 0 aliphatic heterocycles. The number of hydrogen-bond acceptors (Lipinski definition) is 6. The fourth-order valence-corrected chi connectivity index (χ4v) is 5.55. The molecule has 0 saturated heterocycles. The van der Waals surface area contributed by atoms with Gasteiger partial charge in [0.2, 0.25) is 0 Å². The fourth-order valence-electron chi connectivity index (χ4n) is 3.97. The van der Waals surface area contributed by atoms with E-state index in [1.807, 2.05) is 13.0 Å². The SMILES string of the molecule is CCOc1ccccc1C(=O)NC(=S)Nc1sc2c(c1C(=O)OC)CCC(C(C)(C)C)C2. The molecule has 1 aliphatic rings. The average molecular weight is 475 g/mol. The van der Waals surface area contributed by atoms with Gasteiger partial charge in [0.1, 0.15) is 10.8 Å². The van der Waals surface area contributed by atoms with Crippen LogP contribution in [-0.2, 0) is 17.6 Å². The lowest BCUT2D eigenvalue weighted by molar-refractivity contribution is 0.0600. The Labute approximate surface area is 198 Å². The lowest BCUT2D eigenvalue weighted by atomic mass is 9.72. The van der Waals surface area contributed by atoms with E-state index >= 15 is 0 Å². The number of esters is 1. The lowest BCUT2D eigenvalue weighted by Gasteiger charge is -2.33. The second-order valence-corrected chi connectivity index (χ2v) is 10.4. The van der Waals surface area contributed by atoms with Crippen LogP contribution in [0.5, 0.6) is 5.75 Å². The molecule has 1 aliphatic carbocycles. The summed E-state index contributed by atoms with van der Waals surface area (Å²) in [6, 6.07) is 6.99. The molecular formula is C24H30N2O4S2. The van der Waals surface area contributed by atoms with Crippen LogP contribution in [0, 0.1) is 11.3 Å². The summed E-state index contributed by atoms with van der Waals surface area (Å²) in [7, 11) is 1.38. The highest BCUT2D eigenvalue weighted by atomic mass is 32.1. The molecule has 0 spiro atoms. The molecule has 1 heterocycles. The van der Waals surface area contributed by atoms with Crippen molar-refractivity contribution in [2.24, 2.45) is 11.3 Å². The molecule has 2 N–H and O–H groups in total. The number of rotatable bonds is 5. The summed E-state index contributed by atoms with van der Waals surface area (Å²) in [6.07, 6.45) is 2.75. The predicted molar refractivity (Wildman–Crippen MR) is 132 cm³/mol. The van der Waals surface area contributed by atoms with Gasteiger partial charge in [-0.15, -0.1) is 11.3 Å². The molecule has 2 aromatic rings. The van der Waals surface area contributed by atoms with Gasteiger partial charge in [-0.2, -0.15) is 0 Å². The topological polar surface area (TPSA) is 76.7 Å². The number of fused-ring (bicyclic) bond motifs is 1. The maximum Gasteiger partial charge on any atom is 0.341 e. The third kappa shape index (κ3) is 5.30. The third-order valence-corrected chi connectivity index (χ3v) is 7.14. The molecule has 1 atom stereocenters. The summed E-state index contributed by atoms with van der Waals surface area (Å²) in [5.74, 6) is 0.259. The van der Waals surface area contributed by atoms with E-state index in [4.69, 9.17) is 21.7 Å². The smallest absolute Gasteiger partial charge is 0.341 e. The highest BCUT2D eigenvalue weighted by Gasteiger charge is 2.34. The van der Waals surface area contributed by atoms with E-state index < -0.39 is 5.97 Å². The van der Waals surface area contributed by atoms with E-state index in [2.05, 4.69) is 31.4 Å². The van der Waals surface area contributed by atoms with Crippen LogP contribution in [0.15, 0.2) is 24.3 Å². The number of para-hydroxylation sites is 1. The summed E-state index contributed by atoms with van der Waals surface area (Å²) in [6.45, 7) is 9.06. The van der Waals surface area contributed by atoms with Crippen LogP contribution in [0.4, 0.5) is 5.00 Å². The first-order valence-electron chi connectivity index (χ1n) is 10.7. The number of ether oxygens (including phenoxy) is 2. The van der Waals surface area contributed by atoms with Crippen molar-refractivity contribution in [3.8, 4) is 5.75 Å². The lowest BCUT2D eigenvalue weighted by Crippen LogP contribution is -2.34. The number of carbonyl (C=O) groups is 2. The van der Waals surface area contributed by atoms with Crippen molar-refractivity contribution in [1.29, 1.82) is 0 Å². The largest absolute Gasteiger partial charge is 0.493 e. The van der Waals surface area contributed by atoms with Crippen molar-refractivity contribution in [2.45, 2.75) is 47.0 Å². The second-order valence-electron chi connectivity index (χ2n) is 8.84. The van der Waals surface area contributed by atoms with Gasteiger partial charge in [-0.1, -0.05) is 32.9 Å². The number of carbonyl (C=O) groups excluding carboxylic acids is 2. The van der Waals surface area contributed by atoms with Crippen molar-refractivity contribution in [1.82, 2.24) is 5.32 Å². The molecule has 0 radical (unpaired) electrons. The number of benzene rings is 1. The Morgan fingerprint density at radius 1 is 1.25 bits per heavy atom. The Bertz CT molecular complexity index is 1020. The van der Waals surface area contributed by atoms with Gasteiger partial charge in [-0.3, -0.25) is 10.1 Å². The van der Waals surface area contributed by atoms with Crippen LogP contribution < -0.4 is 15.4 Å². The van der Waals surface area contributed by atoms with Crippen LogP contribution in [0.3, 0.4) is 0 Å². The zero-order valence-electron chi connectivity index (χ0n) is 19.2. The second kappa shape index (κ2) is 10.0. The number of nitrogens with one attached hydrogen (secondary N) is 2. The molecule has 1 unspecified atom stereocenters. The van der Waals surface area contributed by atoms with Gasteiger partial charge >= 0.3 is 5.97 Å². The first-order chi connectivity index (χ1) is 15.2. The molecule has 32 heavy (non-hydrogen) atoms. The third-order valence-electron chi connectivity index (χ3n) is 5.77. The van der Waals surface area contributed by atoms with E-state index in [1.54, 1.807) is 18.2 Å². The van der Waals surface area contributed by atoms with Gasteiger partial charge in [0.05, 0.1) is 24.8 Å². The summed E-state index contributed by atoms with van der Waals surface area (Å²) in [5, 5.41) is 6.50. The van der Waals surface area contributed by atoms with Crippen LogP contribution in [0.25, 0.3) is 0 Å². The van der Waals surface area contributed by atoms with Gasteiger partial charge in [0.25, 0.3) is 5.91 Å². The molecular weight excluding hydrogens is 444 g/mol. The zero-order chi connectivity index (χ0) is 23.5. The van der Waals surface area contributed by atoms with Crippen molar-refractivity contribution in [2.75, 3.05) is 19.0 Å². The summed E-state index contributed by atoms with van der Waals surface area (Å²) in [4.78, 5) is 26.5. The minimum Gasteiger partial charge on any atom is -0.493 e. The van der Waals surface area contributed by atoms with E-state index in [-0.39, 0.29) is 16.4 Å². The standard InChI is InChI=1S/C24H30N2O4S2/c1-6-30-17-10-8-7-9-15(17)20(27)25-23(31)26-21-19(22(28)29-5)16-12-11-14(24(2,3)4)13-18(16)32-21/h7-10,14H,6,11-13H2,1-5H3,(H2,25,26,27,31). The Kier molecular flexibility index (Phi) is 7.56. The molecule has 0 bridgehead atoms. The van der Waals surface area contributed by atoms with Crippen molar-refractivity contribution >= 4 is 45.5 Å². The average Bonchev–Trinajstić information content (AvgIpc) is 3.09. The number of thiophene rings is 1. The highest BCUT2D eigenvalue weighted by Crippen LogP contribution is 2.44. The van der Waals surface area contributed by atoms with Gasteiger partial charge in [0.15, 0.2) is 5.11 Å². The van der Waals surface area contributed by atoms with E-state index in [0.717, 1.165) is 24.8 Å². The Balaban J connectivity index is 1.81. The predicted octanol–water partition coefficient (Wildman–Crippen LogP) is 5.21. The summed E-state index contributed by atoms with van der Waals surface area (Å²) >= 11 is 6.91. The number of hydrogen-bond donors (Lipinski definition) is 2. The maximum absolute atomic E-state index is 12.8. The van der Waals surface area contributed by atoms with E-state index in [1.165, 1.54) is 23.3 Å². The van der Waals surface area contributed by atoms with E-state index in [9.17, 15) is 9.59 Å². The number of anilines is 1. The van der Waals surface area contributed by atoms with Gasteiger partial charge in [-0.05, 0) is 67.4 Å². The normalized spacial score (nSPS) is 15.5. The maximum atomic E-state index is 12.8. The molecule has 1 aromatic carbocycles. The summed E-state index contributed by atoms with van der Waals surface area (Å²) in [5.41, 5.74) is 2.13. The number of methoxy groups -OCH3 is 1. The molecule has 0 fully saturated rings. The van der Waals surface area contributed by atoms with Gasteiger partial charge < -0.3 is 14.8 Å². The molecule has 1 aromatic heterocycles. The van der Waals surface area contributed by atoms with Crippen molar-refractivity contribution in [3.05, 3.63) is 45.8 Å². The number of amides is 1. The van der Waals surface area contributed by atoms with Crippen LogP contribution >= 0.6 is 23.6 Å². The van der Waals surface area contributed by atoms with Gasteiger partial charge in [0, 0.05) is 4.88 Å². The number of thiocarbonyl (C=S) groups is 1. The Morgan fingerprint density at radius 3 is 2.62 bits per heavy atom. The highest BCUT2D eigenvalue weighted by molar-refractivity contribution is 7.80. The first-order valence-corrected chi connectivity index (χ1v) is 11.9.